The number of amides is 1. The number of nitrogens with zero attached hydrogens (tertiary/aromatic N) is 1. The van der Waals surface area contributed by atoms with Crippen molar-refractivity contribution in [3.63, 3.8) is 0 Å². The van der Waals surface area contributed by atoms with E-state index in [1.54, 1.807) is 7.11 Å². The summed E-state index contributed by atoms with van der Waals surface area (Å²) in [5.41, 5.74) is 5.71. The van der Waals surface area contributed by atoms with E-state index in [9.17, 15) is 4.79 Å². The molecule has 1 rings (SSSR count). The summed E-state index contributed by atoms with van der Waals surface area (Å²) in [6.07, 6.45) is -0.385. The molecule has 5 nitrogen and oxygen atoms in total. The van der Waals surface area contributed by atoms with Gasteiger partial charge in [-0.2, -0.15) is 0 Å². The molecular weight excluding hydrogens is 160 g/mol. The van der Waals surface area contributed by atoms with Crippen LogP contribution in [0.1, 0.15) is 6.42 Å². The predicted octanol–water partition coefficient (Wildman–Crippen LogP) is -0.288. The number of piperidine rings is 1. The Balaban J connectivity index is 2.49. The molecule has 1 amide bonds. The Morgan fingerprint density at radius 2 is 2.42 bits per heavy atom. The second-order valence-electron chi connectivity index (χ2n) is 2.96. The summed E-state index contributed by atoms with van der Waals surface area (Å²) in [4.78, 5) is 11.9. The van der Waals surface area contributed by atoms with Crippen molar-refractivity contribution < 1.29 is 14.6 Å². The van der Waals surface area contributed by atoms with E-state index in [1.807, 2.05) is 0 Å². The van der Waals surface area contributed by atoms with Gasteiger partial charge >= 0.3 is 6.09 Å². The Labute approximate surface area is 71.1 Å². The molecule has 0 bridgehead atoms. The first kappa shape index (κ1) is 9.28. The Hall–Kier alpha value is -0.810. The molecule has 1 fully saturated rings. The largest absolute Gasteiger partial charge is 0.465 e. The van der Waals surface area contributed by atoms with E-state index < -0.39 is 6.09 Å². The molecule has 5 heteroatoms. The van der Waals surface area contributed by atoms with Gasteiger partial charge in [0.1, 0.15) is 0 Å². The van der Waals surface area contributed by atoms with Crippen molar-refractivity contribution in [2.24, 2.45) is 5.73 Å². The Morgan fingerprint density at radius 1 is 1.75 bits per heavy atom. The molecule has 0 spiro atoms. The first-order valence-electron chi connectivity index (χ1n) is 3.91. The third kappa shape index (κ3) is 1.86. The number of hydrogen-bond donors (Lipinski definition) is 2. The van der Waals surface area contributed by atoms with Crippen molar-refractivity contribution >= 4 is 6.09 Å². The molecule has 0 aromatic carbocycles. The standard InChI is InChI=1S/C7H14N2O3/c1-12-6-4-9(7(10)11)3-2-5(6)8/h5-6H,2-4,8H2,1H3,(H,10,11)/t5-,6+/m1/s1. The second-order valence-corrected chi connectivity index (χ2v) is 2.96. The molecule has 1 aliphatic rings. The summed E-state index contributed by atoms with van der Waals surface area (Å²) in [5, 5.41) is 8.67. The van der Waals surface area contributed by atoms with Gasteiger partial charge in [0.2, 0.25) is 0 Å². The van der Waals surface area contributed by atoms with Crippen LogP contribution in [0.3, 0.4) is 0 Å². The third-order valence-corrected chi connectivity index (χ3v) is 2.18. The van der Waals surface area contributed by atoms with E-state index in [1.165, 1.54) is 4.90 Å². The molecule has 1 aliphatic heterocycles. The quantitative estimate of drug-likeness (QED) is 0.573. The van der Waals surface area contributed by atoms with Gasteiger partial charge in [0.05, 0.1) is 12.6 Å². The molecule has 12 heavy (non-hydrogen) atoms. The number of carbonyl (C=O) groups is 1. The lowest BCUT2D eigenvalue weighted by atomic mass is 10.0. The zero-order valence-electron chi connectivity index (χ0n) is 7.06. The molecule has 0 aliphatic carbocycles. The van der Waals surface area contributed by atoms with Crippen LogP contribution in [0.4, 0.5) is 4.79 Å². The fourth-order valence-corrected chi connectivity index (χ4v) is 1.36. The molecule has 0 unspecified atom stereocenters. The van der Waals surface area contributed by atoms with Crippen LogP contribution in [-0.4, -0.2) is 48.4 Å². The van der Waals surface area contributed by atoms with Gasteiger partial charge in [-0.3, -0.25) is 0 Å². The van der Waals surface area contributed by atoms with Crippen molar-refractivity contribution in [2.75, 3.05) is 20.2 Å². The van der Waals surface area contributed by atoms with E-state index in [2.05, 4.69) is 0 Å². The van der Waals surface area contributed by atoms with E-state index in [-0.39, 0.29) is 12.1 Å². The average Bonchev–Trinajstić information content (AvgIpc) is 2.05. The monoisotopic (exact) mass is 174 g/mol. The normalized spacial score (nSPS) is 30.3. The van der Waals surface area contributed by atoms with Gasteiger partial charge in [0.25, 0.3) is 0 Å². The van der Waals surface area contributed by atoms with Crippen LogP contribution >= 0.6 is 0 Å². The SMILES string of the molecule is CO[C@H]1CN(C(=O)O)CC[C@H]1N. The highest BCUT2D eigenvalue weighted by Crippen LogP contribution is 2.11. The topological polar surface area (TPSA) is 75.8 Å². The van der Waals surface area contributed by atoms with Gasteiger partial charge in [-0.05, 0) is 6.42 Å². The highest BCUT2D eigenvalue weighted by Gasteiger charge is 2.28. The smallest absolute Gasteiger partial charge is 0.407 e. The summed E-state index contributed by atoms with van der Waals surface area (Å²) in [6.45, 7) is 0.892. The maximum Gasteiger partial charge on any atom is 0.407 e. The van der Waals surface area contributed by atoms with Gasteiger partial charge in [0, 0.05) is 19.7 Å². The van der Waals surface area contributed by atoms with Crippen LogP contribution in [0.5, 0.6) is 0 Å². The number of ether oxygens (including phenoxy) is 1. The lowest BCUT2D eigenvalue weighted by molar-refractivity contribution is 0.0199. The maximum absolute atomic E-state index is 10.6. The van der Waals surface area contributed by atoms with E-state index in [0.29, 0.717) is 19.5 Å². The van der Waals surface area contributed by atoms with Crippen LogP contribution in [0, 0.1) is 0 Å². The zero-order valence-corrected chi connectivity index (χ0v) is 7.06. The number of rotatable bonds is 1. The van der Waals surface area contributed by atoms with Gasteiger partial charge in [-0.25, -0.2) is 4.79 Å². The lowest BCUT2D eigenvalue weighted by Gasteiger charge is -2.34. The van der Waals surface area contributed by atoms with Crippen molar-refractivity contribution in [1.29, 1.82) is 0 Å². The zero-order chi connectivity index (χ0) is 9.14. The van der Waals surface area contributed by atoms with Crippen molar-refractivity contribution in [2.45, 2.75) is 18.6 Å². The summed E-state index contributed by atoms with van der Waals surface area (Å²) in [7, 11) is 1.55. The van der Waals surface area contributed by atoms with Crippen LogP contribution < -0.4 is 5.73 Å². The van der Waals surface area contributed by atoms with Crippen molar-refractivity contribution in [3.05, 3.63) is 0 Å². The van der Waals surface area contributed by atoms with Crippen LogP contribution in [0.2, 0.25) is 0 Å². The Kier molecular flexibility index (Phi) is 2.88. The van der Waals surface area contributed by atoms with Gasteiger partial charge in [-0.1, -0.05) is 0 Å². The lowest BCUT2D eigenvalue weighted by Crippen LogP contribution is -2.52. The summed E-state index contributed by atoms with van der Waals surface area (Å²) in [6, 6.07) is -0.0365. The molecule has 1 saturated heterocycles. The number of carboxylic acid groups (broad SMARTS) is 1. The number of hydrogen-bond acceptors (Lipinski definition) is 3. The second kappa shape index (κ2) is 3.73. The van der Waals surface area contributed by atoms with Crippen LogP contribution in [-0.2, 0) is 4.74 Å². The Bertz CT molecular complexity index is 174. The summed E-state index contributed by atoms with van der Waals surface area (Å²) >= 11 is 0. The van der Waals surface area contributed by atoms with Crippen molar-refractivity contribution in [3.8, 4) is 0 Å². The summed E-state index contributed by atoms with van der Waals surface area (Å²) in [5.74, 6) is 0. The van der Waals surface area contributed by atoms with Gasteiger partial charge in [0.15, 0.2) is 0 Å². The van der Waals surface area contributed by atoms with Crippen LogP contribution in [0.15, 0.2) is 0 Å². The minimum Gasteiger partial charge on any atom is -0.465 e. The fourth-order valence-electron chi connectivity index (χ4n) is 1.36. The first-order chi connectivity index (χ1) is 5.65. The van der Waals surface area contributed by atoms with E-state index in [4.69, 9.17) is 15.6 Å². The molecule has 70 valence electrons. The average molecular weight is 174 g/mol. The van der Waals surface area contributed by atoms with Crippen LogP contribution in [0.25, 0.3) is 0 Å². The number of methoxy groups -OCH3 is 1. The fraction of sp³-hybridized carbons (Fsp3) is 0.857. The summed E-state index contributed by atoms with van der Waals surface area (Å²) < 4.78 is 5.05. The minimum atomic E-state index is -0.899. The number of nitrogens with two attached hydrogens (primary N) is 1. The predicted molar refractivity (Wildman–Crippen MR) is 43.0 cm³/mol. The molecule has 1 heterocycles. The molecule has 2 atom stereocenters. The molecule has 3 N–H and O–H groups in total. The van der Waals surface area contributed by atoms with Gasteiger partial charge in [-0.15, -0.1) is 0 Å². The minimum absolute atomic E-state index is 0.0365. The third-order valence-electron chi connectivity index (χ3n) is 2.18. The molecule has 0 saturated carbocycles. The number of likely N-dealkylation sites (tertiary alicyclic amines) is 1. The molecule has 0 radical (unpaired) electrons. The van der Waals surface area contributed by atoms with E-state index >= 15 is 0 Å². The molecular formula is C7H14N2O3. The maximum atomic E-state index is 10.6. The Morgan fingerprint density at radius 3 is 2.92 bits per heavy atom. The molecule has 0 aromatic rings. The highest BCUT2D eigenvalue weighted by atomic mass is 16.5. The van der Waals surface area contributed by atoms with Crippen molar-refractivity contribution in [1.82, 2.24) is 4.90 Å². The van der Waals surface area contributed by atoms with E-state index in [0.717, 1.165) is 0 Å². The highest BCUT2D eigenvalue weighted by molar-refractivity contribution is 5.65. The molecule has 0 aromatic heterocycles. The van der Waals surface area contributed by atoms with Gasteiger partial charge < -0.3 is 20.5 Å². The first-order valence-corrected chi connectivity index (χ1v) is 3.91.